The van der Waals surface area contributed by atoms with Crippen LogP contribution < -0.4 is 0 Å². The van der Waals surface area contributed by atoms with Crippen molar-refractivity contribution >= 4 is 18.7 Å². The Morgan fingerprint density at radius 3 is 2.81 bits per heavy atom. The molecule has 1 unspecified atom stereocenters. The maximum atomic E-state index is 11.9. The summed E-state index contributed by atoms with van der Waals surface area (Å²) in [6.07, 6.45) is 3.52. The van der Waals surface area contributed by atoms with Crippen LogP contribution in [0, 0.1) is 0 Å². The lowest BCUT2D eigenvalue weighted by atomic mass is 10.1. The minimum Gasteiger partial charge on any atom is -0.321 e. The SMILES string of the molecule is CN1C(=O)N(CCS)CC1c1ccncc1. The third kappa shape index (κ3) is 2.00. The minimum atomic E-state index is 0.0795. The highest BCUT2D eigenvalue weighted by atomic mass is 32.1. The lowest BCUT2D eigenvalue weighted by Crippen LogP contribution is -2.30. The Balaban J connectivity index is 2.16. The Bertz CT molecular complexity index is 371. The summed E-state index contributed by atoms with van der Waals surface area (Å²) in [5, 5.41) is 0. The van der Waals surface area contributed by atoms with Gasteiger partial charge in [0.2, 0.25) is 0 Å². The average molecular weight is 237 g/mol. The van der Waals surface area contributed by atoms with Crippen LogP contribution in [-0.4, -0.2) is 46.7 Å². The number of pyridine rings is 1. The molecule has 0 aromatic carbocycles. The van der Waals surface area contributed by atoms with Gasteiger partial charge in [0, 0.05) is 38.3 Å². The monoisotopic (exact) mass is 237 g/mol. The second kappa shape index (κ2) is 4.74. The molecule has 1 fully saturated rings. The highest BCUT2D eigenvalue weighted by molar-refractivity contribution is 7.80. The molecule has 1 saturated heterocycles. The second-order valence-electron chi connectivity index (χ2n) is 3.86. The van der Waals surface area contributed by atoms with Gasteiger partial charge in [-0.3, -0.25) is 4.98 Å². The number of hydrogen-bond acceptors (Lipinski definition) is 3. The van der Waals surface area contributed by atoms with Crippen LogP contribution in [0.4, 0.5) is 4.79 Å². The molecule has 1 aromatic heterocycles. The summed E-state index contributed by atoms with van der Waals surface area (Å²) in [5.74, 6) is 0.697. The molecule has 16 heavy (non-hydrogen) atoms. The van der Waals surface area contributed by atoms with E-state index in [0.29, 0.717) is 12.3 Å². The number of thiol groups is 1. The van der Waals surface area contributed by atoms with Gasteiger partial charge in [-0.25, -0.2) is 4.79 Å². The van der Waals surface area contributed by atoms with Crippen LogP contribution in [0.25, 0.3) is 0 Å². The van der Waals surface area contributed by atoms with E-state index in [1.165, 1.54) is 0 Å². The normalized spacial score (nSPS) is 20.6. The summed E-state index contributed by atoms with van der Waals surface area (Å²) < 4.78 is 0. The number of carbonyl (C=O) groups excluding carboxylic acids is 1. The lowest BCUT2D eigenvalue weighted by Gasteiger charge is -2.17. The first-order valence-corrected chi connectivity index (χ1v) is 5.90. The molecule has 1 aliphatic rings. The van der Waals surface area contributed by atoms with E-state index < -0.39 is 0 Å². The molecule has 4 nitrogen and oxygen atoms in total. The van der Waals surface area contributed by atoms with Crippen molar-refractivity contribution in [1.29, 1.82) is 0 Å². The highest BCUT2D eigenvalue weighted by Gasteiger charge is 2.34. The summed E-state index contributed by atoms with van der Waals surface area (Å²) in [5.41, 5.74) is 1.13. The van der Waals surface area contributed by atoms with E-state index in [2.05, 4.69) is 17.6 Å². The molecule has 2 rings (SSSR count). The molecule has 86 valence electrons. The Morgan fingerprint density at radius 1 is 1.50 bits per heavy atom. The molecule has 5 heteroatoms. The van der Waals surface area contributed by atoms with Crippen LogP contribution in [0.3, 0.4) is 0 Å². The van der Waals surface area contributed by atoms with Crippen molar-refractivity contribution in [3.63, 3.8) is 0 Å². The Kier molecular flexibility index (Phi) is 3.33. The maximum Gasteiger partial charge on any atom is 0.320 e. The van der Waals surface area contributed by atoms with Crippen LogP contribution in [0.2, 0.25) is 0 Å². The molecule has 0 aliphatic carbocycles. The Morgan fingerprint density at radius 2 is 2.19 bits per heavy atom. The summed E-state index contributed by atoms with van der Waals surface area (Å²) >= 11 is 4.16. The molecule has 0 spiro atoms. The third-order valence-electron chi connectivity index (χ3n) is 2.89. The standard InChI is InChI=1S/C11H15N3OS/c1-13-10(9-2-4-12-5-3-9)8-14(6-7-16)11(13)15/h2-5,10,16H,6-8H2,1H3. The van der Waals surface area contributed by atoms with Gasteiger partial charge < -0.3 is 9.80 Å². The zero-order chi connectivity index (χ0) is 11.5. The van der Waals surface area contributed by atoms with E-state index in [9.17, 15) is 4.79 Å². The van der Waals surface area contributed by atoms with Crippen LogP contribution in [0.15, 0.2) is 24.5 Å². The van der Waals surface area contributed by atoms with Gasteiger partial charge in [-0.2, -0.15) is 12.6 Å². The van der Waals surface area contributed by atoms with E-state index in [0.717, 1.165) is 12.1 Å². The number of hydrogen-bond donors (Lipinski definition) is 1. The molecule has 0 saturated carbocycles. The number of rotatable bonds is 3. The van der Waals surface area contributed by atoms with Crippen molar-refractivity contribution < 1.29 is 4.79 Å². The topological polar surface area (TPSA) is 36.4 Å². The highest BCUT2D eigenvalue weighted by Crippen LogP contribution is 2.27. The van der Waals surface area contributed by atoms with Crippen molar-refractivity contribution in [2.24, 2.45) is 0 Å². The predicted molar refractivity (Wildman–Crippen MR) is 65.6 cm³/mol. The fraction of sp³-hybridized carbons (Fsp3) is 0.455. The fourth-order valence-corrected chi connectivity index (χ4v) is 2.23. The van der Waals surface area contributed by atoms with Crippen LogP contribution in [0.5, 0.6) is 0 Å². The number of likely N-dealkylation sites (N-methyl/N-ethyl adjacent to an activating group) is 1. The van der Waals surface area contributed by atoms with Crippen LogP contribution in [0.1, 0.15) is 11.6 Å². The van der Waals surface area contributed by atoms with E-state index >= 15 is 0 Å². The molecule has 0 bridgehead atoms. The average Bonchev–Trinajstić information content (AvgIpc) is 2.59. The summed E-state index contributed by atoms with van der Waals surface area (Å²) in [4.78, 5) is 19.5. The predicted octanol–water partition coefficient (Wildman–Crippen LogP) is 1.42. The van der Waals surface area contributed by atoms with Crippen molar-refractivity contribution in [2.75, 3.05) is 25.9 Å². The van der Waals surface area contributed by atoms with Gasteiger partial charge in [0.15, 0.2) is 0 Å². The molecular formula is C11H15N3OS. The molecule has 1 aliphatic heterocycles. The van der Waals surface area contributed by atoms with Gasteiger partial charge >= 0.3 is 6.03 Å². The van der Waals surface area contributed by atoms with Gasteiger partial charge in [-0.05, 0) is 17.7 Å². The maximum absolute atomic E-state index is 11.9. The number of nitrogens with zero attached hydrogens (tertiary/aromatic N) is 3. The molecule has 0 N–H and O–H groups in total. The first-order chi connectivity index (χ1) is 7.74. The Labute approximate surface area is 101 Å². The molecule has 0 radical (unpaired) electrons. The number of aromatic nitrogens is 1. The number of urea groups is 1. The van der Waals surface area contributed by atoms with Crippen molar-refractivity contribution in [2.45, 2.75) is 6.04 Å². The summed E-state index contributed by atoms with van der Waals surface area (Å²) in [6, 6.07) is 4.13. The molecule has 2 amide bonds. The first-order valence-electron chi connectivity index (χ1n) is 5.26. The minimum absolute atomic E-state index is 0.0795. The molecule has 1 aromatic rings. The molecule has 1 atom stereocenters. The van der Waals surface area contributed by atoms with Gasteiger partial charge in [-0.15, -0.1) is 0 Å². The van der Waals surface area contributed by atoms with Gasteiger partial charge in [-0.1, -0.05) is 0 Å². The molecule has 2 heterocycles. The first kappa shape index (κ1) is 11.3. The van der Waals surface area contributed by atoms with Crippen molar-refractivity contribution in [3.8, 4) is 0 Å². The van der Waals surface area contributed by atoms with Gasteiger partial charge in [0.1, 0.15) is 0 Å². The van der Waals surface area contributed by atoms with Crippen molar-refractivity contribution in [1.82, 2.24) is 14.8 Å². The summed E-state index contributed by atoms with van der Waals surface area (Å²) in [6.45, 7) is 1.44. The second-order valence-corrected chi connectivity index (χ2v) is 4.31. The fourth-order valence-electron chi connectivity index (χ4n) is 1.99. The van der Waals surface area contributed by atoms with E-state index in [4.69, 9.17) is 0 Å². The van der Waals surface area contributed by atoms with Crippen molar-refractivity contribution in [3.05, 3.63) is 30.1 Å². The van der Waals surface area contributed by atoms with E-state index in [1.54, 1.807) is 17.3 Å². The Hall–Kier alpha value is -1.23. The van der Waals surface area contributed by atoms with E-state index in [1.807, 2.05) is 24.1 Å². The zero-order valence-corrected chi connectivity index (χ0v) is 10.1. The third-order valence-corrected chi connectivity index (χ3v) is 3.09. The lowest BCUT2D eigenvalue weighted by molar-refractivity contribution is 0.197. The number of amides is 2. The number of carbonyl (C=O) groups is 1. The van der Waals surface area contributed by atoms with Gasteiger partial charge in [0.25, 0.3) is 0 Å². The molecular weight excluding hydrogens is 222 g/mol. The van der Waals surface area contributed by atoms with Crippen LogP contribution >= 0.6 is 12.6 Å². The quantitative estimate of drug-likeness (QED) is 0.807. The largest absolute Gasteiger partial charge is 0.321 e. The van der Waals surface area contributed by atoms with Gasteiger partial charge in [0.05, 0.1) is 6.04 Å². The van der Waals surface area contributed by atoms with E-state index in [-0.39, 0.29) is 12.1 Å². The smallest absolute Gasteiger partial charge is 0.320 e. The van der Waals surface area contributed by atoms with Crippen LogP contribution in [-0.2, 0) is 0 Å². The summed E-state index contributed by atoms with van der Waals surface area (Å²) in [7, 11) is 1.84. The zero-order valence-electron chi connectivity index (χ0n) is 9.21.